The SMILES string of the molecule is CNC(Cc1ccccc1)C1SCCSC1C. The van der Waals surface area contributed by atoms with Crippen molar-refractivity contribution in [3.8, 4) is 0 Å². The molecule has 2 rings (SSSR count). The van der Waals surface area contributed by atoms with E-state index in [4.69, 9.17) is 0 Å². The largest absolute Gasteiger partial charge is 0.316 e. The van der Waals surface area contributed by atoms with Crippen molar-refractivity contribution in [3.63, 3.8) is 0 Å². The van der Waals surface area contributed by atoms with Crippen LogP contribution in [0, 0.1) is 0 Å². The highest BCUT2D eigenvalue weighted by atomic mass is 32.2. The van der Waals surface area contributed by atoms with Crippen LogP contribution in [0.1, 0.15) is 12.5 Å². The third-order valence-corrected chi connectivity index (χ3v) is 6.55. The molecule has 1 N–H and O–H groups in total. The Balaban J connectivity index is 2.00. The second kappa shape index (κ2) is 6.72. The van der Waals surface area contributed by atoms with Gasteiger partial charge in [-0.3, -0.25) is 0 Å². The van der Waals surface area contributed by atoms with Crippen LogP contribution < -0.4 is 5.32 Å². The van der Waals surface area contributed by atoms with Crippen LogP contribution in [0.2, 0.25) is 0 Å². The summed E-state index contributed by atoms with van der Waals surface area (Å²) in [6.07, 6.45) is 1.14. The standard InChI is InChI=1S/C14H21NS2/c1-11-14(17-9-8-16-11)13(15-2)10-12-6-4-3-5-7-12/h3-7,11,13-15H,8-10H2,1-2H3. The lowest BCUT2D eigenvalue weighted by Crippen LogP contribution is -2.44. The number of benzene rings is 1. The third-order valence-electron chi connectivity index (χ3n) is 3.30. The first kappa shape index (κ1) is 13.3. The summed E-state index contributed by atoms with van der Waals surface area (Å²) in [6.45, 7) is 2.37. The molecule has 0 aliphatic carbocycles. The molecule has 0 radical (unpaired) electrons. The van der Waals surface area contributed by atoms with Gasteiger partial charge >= 0.3 is 0 Å². The zero-order valence-corrected chi connectivity index (χ0v) is 12.2. The quantitative estimate of drug-likeness (QED) is 0.900. The van der Waals surface area contributed by atoms with Crippen molar-refractivity contribution in [3.05, 3.63) is 35.9 Å². The summed E-state index contributed by atoms with van der Waals surface area (Å²) >= 11 is 4.26. The Morgan fingerprint density at radius 1 is 1.24 bits per heavy atom. The molecule has 1 saturated heterocycles. The van der Waals surface area contributed by atoms with Gasteiger partial charge < -0.3 is 5.32 Å². The number of hydrogen-bond donors (Lipinski definition) is 1. The average Bonchev–Trinajstić information content (AvgIpc) is 2.38. The van der Waals surface area contributed by atoms with Gasteiger partial charge in [0.2, 0.25) is 0 Å². The van der Waals surface area contributed by atoms with Crippen molar-refractivity contribution in [2.24, 2.45) is 0 Å². The van der Waals surface area contributed by atoms with Gasteiger partial charge in [-0.15, -0.1) is 0 Å². The third kappa shape index (κ3) is 3.67. The van der Waals surface area contributed by atoms with Gasteiger partial charge in [-0.25, -0.2) is 0 Å². The lowest BCUT2D eigenvalue weighted by molar-refractivity contribution is 0.531. The molecule has 3 unspecified atom stereocenters. The molecule has 1 nitrogen and oxygen atoms in total. The van der Waals surface area contributed by atoms with Crippen LogP contribution in [-0.4, -0.2) is 35.1 Å². The van der Waals surface area contributed by atoms with Gasteiger partial charge in [-0.2, -0.15) is 23.5 Å². The van der Waals surface area contributed by atoms with Gasteiger partial charge in [0, 0.05) is 28.0 Å². The zero-order valence-electron chi connectivity index (χ0n) is 10.6. The molecule has 0 saturated carbocycles. The van der Waals surface area contributed by atoms with Crippen molar-refractivity contribution >= 4 is 23.5 Å². The molecule has 1 aromatic carbocycles. The molecule has 94 valence electrons. The molecule has 1 aliphatic heterocycles. The van der Waals surface area contributed by atoms with Gasteiger partial charge in [0.1, 0.15) is 0 Å². The van der Waals surface area contributed by atoms with Gasteiger partial charge in [0.15, 0.2) is 0 Å². The number of likely N-dealkylation sites (N-methyl/N-ethyl adjacent to an activating group) is 1. The first-order chi connectivity index (χ1) is 8.31. The van der Waals surface area contributed by atoms with E-state index in [0.29, 0.717) is 6.04 Å². The fourth-order valence-electron chi connectivity index (χ4n) is 2.34. The maximum Gasteiger partial charge on any atom is 0.0320 e. The predicted molar refractivity (Wildman–Crippen MR) is 81.2 cm³/mol. The molecule has 17 heavy (non-hydrogen) atoms. The lowest BCUT2D eigenvalue weighted by Gasteiger charge is -2.34. The highest BCUT2D eigenvalue weighted by molar-refractivity contribution is 8.07. The molecular formula is C14H21NS2. The molecule has 3 heteroatoms. The van der Waals surface area contributed by atoms with Gasteiger partial charge in [0.05, 0.1) is 0 Å². The molecule has 3 atom stereocenters. The Morgan fingerprint density at radius 2 is 1.94 bits per heavy atom. The minimum atomic E-state index is 0.588. The van der Waals surface area contributed by atoms with Gasteiger partial charge in [0.25, 0.3) is 0 Å². The van der Waals surface area contributed by atoms with E-state index >= 15 is 0 Å². The minimum Gasteiger partial charge on any atom is -0.316 e. The van der Waals surface area contributed by atoms with Crippen molar-refractivity contribution in [2.75, 3.05) is 18.6 Å². The normalized spacial score (nSPS) is 26.7. The number of rotatable bonds is 4. The smallest absolute Gasteiger partial charge is 0.0320 e. The highest BCUT2D eigenvalue weighted by Gasteiger charge is 2.29. The fourth-order valence-corrected chi connectivity index (χ4v) is 5.34. The van der Waals surface area contributed by atoms with E-state index in [0.717, 1.165) is 16.9 Å². The predicted octanol–water partition coefficient (Wildman–Crippen LogP) is 3.05. The van der Waals surface area contributed by atoms with Crippen LogP contribution in [-0.2, 0) is 6.42 Å². The summed E-state index contributed by atoms with van der Waals surface area (Å²) < 4.78 is 0. The fraction of sp³-hybridized carbons (Fsp3) is 0.571. The van der Waals surface area contributed by atoms with E-state index in [1.54, 1.807) is 0 Å². The monoisotopic (exact) mass is 267 g/mol. The maximum absolute atomic E-state index is 3.52. The second-order valence-electron chi connectivity index (χ2n) is 4.50. The summed E-state index contributed by atoms with van der Waals surface area (Å²) in [7, 11) is 2.10. The van der Waals surface area contributed by atoms with E-state index in [9.17, 15) is 0 Å². The zero-order chi connectivity index (χ0) is 12.1. The topological polar surface area (TPSA) is 12.0 Å². The van der Waals surface area contributed by atoms with Crippen LogP contribution in [0.3, 0.4) is 0 Å². The molecule has 0 aromatic heterocycles. The molecular weight excluding hydrogens is 246 g/mol. The highest BCUT2D eigenvalue weighted by Crippen LogP contribution is 2.33. The van der Waals surface area contributed by atoms with Crippen molar-refractivity contribution in [1.29, 1.82) is 0 Å². The first-order valence-corrected chi connectivity index (χ1v) is 8.35. The minimum absolute atomic E-state index is 0.588. The number of nitrogens with one attached hydrogen (secondary N) is 1. The Bertz CT molecular complexity index is 328. The van der Waals surface area contributed by atoms with Crippen LogP contribution in [0.25, 0.3) is 0 Å². The van der Waals surface area contributed by atoms with Crippen LogP contribution in [0.5, 0.6) is 0 Å². The number of thioether (sulfide) groups is 2. The average molecular weight is 267 g/mol. The summed E-state index contributed by atoms with van der Waals surface area (Å²) in [6, 6.07) is 11.4. The lowest BCUT2D eigenvalue weighted by atomic mass is 10.0. The summed E-state index contributed by atoms with van der Waals surface area (Å²) in [5.41, 5.74) is 1.44. The van der Waals surface area contributed by atoms with Crippen LogP contribution in [0.15, 0.2) is 30.3 Å². The maximum atomic E-state index is 3.52. The van der Waals surface area contributed by atoms with Crippen molar-refractivity contribution in [1.82, 2.24) is 5.32 Å². The first-order valence-electron chi connectivity index (χ1n) is 6.25. The van der Waals surface area contributed by atoms with E-state index < -0.39 is 0 Å². The molecule has 0 spiro atoms. The van der Waals surface area contributed by atoms with E-state index in [2.05, 4.69) is 73.1 Å². The molecule has 0 amide bonds. The molecule has 0 bridgehead atoms. The van der Waals surface area contributed by atoms with E-state index in [1.165, 1.54) is 17.1 Å². The van der Waals surface area contributed by atoms with Crippen molar-refractivity contribution < 1.29 is 0 Å². The Morgan fingerprint density at radius 3 is 2.59 bits per heavy atom. The molecule has 1 aliphatic rings. The molecule has 1 fully saturated rings. The van der Waals surface area contributed by atoms with Crippen molar-refractivity contribution in [2.45, 2.75) is 29.9 Å². The van der Waals surface area contributed by atoms with E-state index in [-0.39, 0.29) is 0 Å². The molecule has 1 aromatic rings. The summed E-state index contributed by atoms with van der Waals surface area (Å²) in [5.74, 6) is 2.61. The summed E-state index contributed by atoms with van der Waals surface area (Å²) in [5, 5.41) is 5.01. The Kier molecular flexibility index (Phi) is 5.26. The Hall–Kier alpha value is -0.120. The second-order valence-corrected chi connectivity index (χ2v) is 7.27. The Labute approximate surface area is 113 Å². The van der Waals surface area contributed by atoms with Gasteiger partial charge in [-0.05, 0) is 19.0 Å². The van der Waals surface area contributed by atoms with E-state index in [1.807, 2.05) is 0 Å². The van der Waals surface area contributed by atoms with Crippen LogP contribution in [0.4, 0.5) is 0 Å². The van der Waals surface area contributed by atoms with Gasteiger partial charge in [-0.1, -0.05) is 37.3 Å². The number of hydrogen-bond acceptors (Lipinski definition) is 3. The van der Waals surface area contributed by atoms with Crippen LogP contribution >= 0.6 is 23.5 Å². The summed E-state index contributed by atoms with van der Waals surface area (Å²) in [4.78, 5) is 0. The molecule has 1 heterocycles.